The van der Waals surface area contributed by atoms with Gasteiger partial charge in [-0.05, 0) is 19.4 Å². The normalized spacial score (nSPS) is 10.2. The summed E-state index contributed by atoms with van der Waals surface area (Å²) in [6, 6.07) is 9.23. The van der Waals surface area contributed by atoms with Crippen molar-refractivity contribution in [2.75, 3.05) is 7.11 Å². The Hall–Kier alpha value is -2.62. The first-order valence-corrected chi connectivity index (χ1v) is 6.48. The highest BCUT2D eigenvalue weighted by molar-refractivity contribution is 6.07. The fourth-order valence-corrected chi connectivity index (χ4v) is 2.54. The number of hydrogen-bond donors (Lipinski definition) is 1. The Morgan fingerprint density at radius 2 is 1.86 bits per heavy atom. The molecule has 0 atom stereocenters. The molecule has 4 heteroatoms. The van der Waals surface area contributed by atoms with E-state index in [1.807, 2.05) is 30.3 Å². The molecule has 4 nitrogen and oxygen atoms in total. The lowest BCUT2D eigenvalue weighted by molar-refractivity contribution is 0.101. The highest BCUT2D eigenvalue weighted by Gasteiger charge is 2.25. The summed E-state index contributed by atoms with van der Waals surface area (Å²) in [5, 5.41) is 10.3. The van der Waals surface area contributed by atoms with E-state index in [9.17, 15) is 14.7 Å². The molecule has 21 heavy (non-hydrogen) atoms. The predicted molar refractivity (Wildman–Crippen MR) is 80.2 cm³/mol. The van der Waals surface area contributed by atoms with Gasteiger partial charge in [-0.15, -0.1) is 0 Å². The second kappa shape index (κ2) is 5.79. The zero-order valence-corrected chi connectivity index (χ0v) is 12.1. The summed E-state index contributed by atoms with van der Waals surface area (Å²) in [5.41, 5.74) is 2.16. The van der Waals surface area contributed by atoms with Gasteiger partial charge in [-0.1, -0.05) is 30.3 Å². The number of methoxy groups -OCH3 is 1. The van der Waals surface area contributed by atoms with Crippen LogP contribution in [0.5, 0.6) is 11.5 Å². The van der Waals surface area contributed by atoms with E-state index in [1.165, 1.54) is 14.0 Å². The quantitative estimate of drug-likeness (QED) is 0.690. The van der Waals surface area contributed by atoms with Crippen molar-refractivity contribution >= 4 is 12.1 Å². The number of phenols is 1. The Balaban J connectivity index is 2.95. The van der Waals surface area contributed by atoms with E-state index in [1.54, 1.807) is 6.92 Å². The Morgan fingerprint density at radius 1 is 1.24 bits per heavy atom. The molecule has 0 aliphatic carbocycles. The van der Waals surface area contributed by atoms with Crippen molar-refractivity contribution in [1.82, 2.24) is 0 Å². The van der Waals surface area contributed by atoms with Crippen LogP contribution in [0.2, 0.25) is 0 Å². The minimum atomic E-state index is -0.334. The van der Waals surface area contributed by atoms with Crippen LogP contribution in [0, 0.1) is 6.92 Å². The molecule has 0 spiro atoms. The van der Waals surface area contributed by atoms with Crippen LogP contribution in [-0.2, 0) is 0 Å². The molecule has 0 saturated heterocycles. The third kappa shape index (κ3) is 2.40. The number of rotatable bonds is 4. The van der Waals surface area contributed by atoms with E-state index in [2.05, 4.69) is 0 Å². The molecular formula is C17H16O4. The number of ketones is 1. The van der Waals surface area contributed by atoms with Gasteiger partial charge in [-0.2, -0.15) is 0 Å². The summed E-state index contributed by atoms with van der Waals surface area (Å²) < 4.78 is 5.24. The summed E-state index contributed by atoms with van der Waals surface area (Å²) in [7, 11) is 1.43. The zero-order chi connectivity index (χ0) is 15.6. The zero-order valence-electron chi connectivity index (χ0n) is 12.1. The minimum absolute atomic E-state index is 0.000110. The van der Waals surface area contributed by atoms with Crippen LogP contribution < -0.4 is 4.74 Å². The lowest BCUT2D eigenvalue weighted by Crippen LogP contribution is -2.05. The first-order valence-electron chi connectivity index (χ1n) is 6.48. The summed E-state index contributed by atoms with van der Waals surface area (Å²) >= 11 is 0. The molecule has 2 aromatic rings. The van der Waals surface area contributed by atoms with Gasteiger partial charge in [-0.3, -0.25) is 9.59 Å². The van der Waals surface area contributed by atoms with Crippen molar-refractivity contribution in [2.24, 2.45) is 0 Å². The molecule has 0 unspecified atom stereocenters. The number of phenolic OH excluding ortho intramolecular Hbond substituents is 1. The fraction of sp³-hybridized carbons (Fsp3) is 0.176. The maximum Gasteiger partial charge on any atom is 0.164 e. The van der Waals surface area contributed by atoms with Gasteiger partial charge >= 0.3 is 0 Å². The number of carbonyl (C=O) groups is 2. The number of carbonyl (C=O) groups excluding carboxylic acids is 2. The van der Waals surface area contributed by atoms with E-state index in [0.717, 1.165) is 5.56 Å². The number of Topliss-reactive ketones (excluding diaryl/α,β-unsaturated/α-hetero) is 1. The Morgan fingerprint density at radius 3 is 2.33 bits per heavy atom. The van der Waals surface area contributed by atoms with Crippen molar-refractivity contribution in [3.05, 3.63) is 47.0 Å². The molecule has 0 radical (unpaired) electrons. The molecule has 0 aliphatic rings. The van der Waals surface area contributed by atoms with Gasteiger partial charge in [0.25, 0.3) is 0 Å². The van der Waals surface area contributed by atoms with E-state index < -0.39 is 0 Å². The first-order chi connectivity index (χ1) is 10.0. The van der Waals surface area contributed by atoms with Gasteiger partial charge in [-0.25, -0.2) is 0 Å². The molecule has 0 aliphatic heterocycles. The predicted octanol–water partition coefficient (Wildman–Crippen LogP) is 3.39. The average Bonchev–Trinajstić information content (AvgIpc) is 2.48. The molecule has 0 heterocycles. The highest BCUT2D eigenvalue weighted by Crippen LogP contribution is 2.42. The number of aromatic hydroxyl groups is 1. The van der Waals surface area contributed by atoms with Crippen LogP contribution in [0.3, 0.4) is 0 Å². The maximum absolute atomic E-state index is 12.0. The second-order valence-electron chi connectivity index (χ2n) is 4.71. The molecule has 0 fully saturated rings. The number of ether oxygens (including phenoxy) is 1. The molecular weight excluding hydrogens is 268 g/mol. The Bertz CT molecular complexity index is 703. The van der Waals surface area contributed by atoms with Crippen molar-refractivity contribution in [3.8, 4) is 22.6 Å². The lowest BCUT2D eigenvalue weighted by atomic mass is 9.89. The monoisotopic (exact) mass is 284 g/mol. The minimum Gasteiger partial charge on any atom is -0.506 e. The third-order valence-corrected chi connectivity index (χ3v) is 3.44. The molecule has 0 aromatic heterocycles. The molecule has 1 N–H and O–H groups in total. The van der Waals surface area contributed by atoms with Crippen molar-refractivity contribution in [1.29, 1.82) is 0 Å². The fourth-order valence-electron chi connectivity index (χ4n) is 2.54. The summed E-state index contributed by atoms with van der Waals surface area (Å²) in [6.07, 6.45) is 0.502. The summed E-state index contributed by atoms with van der Waals surface area (Å²) in [4.78, 5) is 23.2. The molecule has 0 amide bonds. The summed E-state index contributed by atoms with van der Waals surface area (Å²) in [6.45, 7) is 3.13. The third-order valence-electron chi connectivity index (χ3n) is 3.44. The van der Waals surface area contributed by atoms with Gasteiger partial charge < -0.3 is 9.84 Å². The van der Waals surface area contributed by atoms with Crippen molar-refractivity contribution in [2.45, 2.75) is 13.8 Å². The van der Waals surface area contributed by atoms with E-state index in [0.29, 0.717) is 17.4 Å². The molecule has 2 aromatic carbocycles. The Labute approximate surface area is 123 Å². The topological polar surface area (TPSA) is 63.6 Å². The van der Waals surface area contributed by atoms with Gasteiger partial charge in [0.1, 0.15) is 11.5 Å². The van der Waals surface area contributed by atoms with E-state index >= 15 is 0 Å². The number of aldehydes is 1. The van der Waals surface area contributed by atoms with E-state index in [-0.39, 0.29) is 28.4 Å². The molecule has 0 saturated carbocycles. The summed E-state index contributed by atoms with van der Waals surface area (Å²) in [5.74, 6) is -0.356. The van der Waals surface area contributed by atoms with Crippen LogP contribution in [0.25, 0.3) is 11.1 Å². The van der Waals surface area contributed by atoms with Crippen LogP contribution in [-0.4, -0.2) is 24.3 Å². The smallest absolute Gasteiger partial charge is 0.164 e. The van der Waals surface area contributed by atoms with Crippen LogP contribution in [0.15, 0.2) is 30.3 Å². The first kappa shape index (κ1) is 14.8. The van der Waals surface area contributed by atoms with Crippen LogP contribution >= 0.6 is 0 Å². The number of hydrogen-bond acceptors (Lipinski definition) is 4. The number of benzene rings is 2. The van der Waals surface area contributed by atoms with Crippen LogP contribution in [0.4, 0.5) is 0 Å². The standard InChI is InChI=1S/C17H16O4/c1-10-14(12-7-5-4-6-8-12)15(11(2)19)16(20)13(9-18)17(10)21-3/h4-9,20H,1-3H3. The van der Waals surface area contributed by atoms with Crippen molar-refractivity contribution < 1.29 is 19.4 Å². The highest BCUT2D eigenvalue weighted by atomic mass is 16.5. The SMILES string of the molecule is COc1c(C)c(-c2ccccc2)c(C(C)=O)c(O)c1C=O. The van der Waals surface area contributed by atoms with Gasteiger partial charge in [0.05, 0.1) is 18.2 Å². The van der Waals surface area contributed by atoms with Gasteiger partial charge in [0.2, 0.25) is 0 Å². The van der Waals surface area contributed by atoms with Crippen molar-refractivity contribution in [3.63, 3.8) is 0 Å². The van der Waals surface area contributed by atoms with E-state index in [4.69, 9.17) is 4.74 Å². The largest absolute Gasteiger partial charge is 0.506 e. The Kier molecular flexibility index (Phi) is 4.08. The lowest BCUT2D eigenvalue weighted by Gasteiger charge is -2.18. The van der Waals surface area contributed by atoms with Gasteiger partial charge in [0, 0.05) is 11.1 Å². The van der Waals surface area contributed by atoms with Gasteiger partial charge in [0.15, 0.2) is 12.1 Å². The average molecular weight is 284 g/mol. The van der Waals surface area contributed by atoms with Crippen LogP contribution in [0.1, 0.15) is 33.2 Å². The molecule has 108 valence electrons. The second-order valence-corrected chi connectivity index (χ2v) is 4.71. The molecule has 2 rings (SSSR count). The maximum atomic E-state index is 12.0. The molecule has 0 bridgehead atoms.